The topological polar surface area (TPSA) is 71.6 Å². The summed E-state index contributed by atoms with van der Waals surface area (Å²) >= 11 is 0. The van der Waals surface area contributed by atoms with E-state index in [1.165, 1.54) is 10.2 Å². The molecule has 0 aliphatic carbocycles. The maximum absolute atomic E-state index is 10.9. The van der Waals surface area contributed by atoms with Crippen LogP contribution < -0.4 is 0 Å². The lowest BCUT2D eigenvalue weighted by Crippen LogP contribution is -2.01. The lowest BCUT2D eigenvalue weighted by molar-refractivity contribution is 0.111. The normalized spacial score (nSPS) is 10.5. The Bertz CT molecular complexity index is 647. The van der Waals surface area contributed by atoms with Gasteiger partial charge in [-0.25, -0.2) is 4.68 Å². The van der Waals surface area contributed by atoms with Crippen molar-refractivity contribution in [2.45, 2.75) is 13.5 Å². The summed E-state index contributed by atoms with van der Waals surface area (Å²) in [6.45, 7) is 2.08. The number of aryl methyl sites for hydroxylation is 1. The molecule has 0 amide bonds. The number of benzene rings is 1. The molecule has 0 fully saturated rings. The Kier molecular flexibility index (Phi) is 3.84. The van der Waals surface area contributed by atoms with Gasteiger partial charge < -0.3 is 0 Å². The largest absolute Gasteiger partial charge is 0.296 e. The number of nitriles is 1. The van der Waals surface area contributed by atoms with Crippen molar-refractivity contribution in [2.24, 2.45) is 0 Å². The van der Waals surface area contributed by atoms with Crippen LogP contribution in [-0.4, -0.2) is 21.3 Å². The van der Waals surface area contributed by atoms with Crippen LogP contribution in [0.3, 0.4) is 0 Å². The van der Waals surface area contributed by atoms with Gasteiger partial charge in [0.2, 0.25) is 0 Å². The Labute approximate surface area is 110 Å². The molecule has 0 radical (unpaired) electrons. The molecule has 1 aromatic carbocycles. The van der Waals surface area contributed by atoms with Gasteiger partial charge >= 0.3 is 0 Å². The third-order valence-corrected chi connectivity index (χ3v) is 2.64. The molecule has 0 unspecified atom stereocenters. The predicted octanol–water partition coefficient (Wildman–Crippen LogP) is 2.09. The van der Waals surface area contributed by atoms with Gasteiger partial charge in [-0.05, 0) is 18.6 Å². The first-order valence-electron chi connectivity index (χ1n) is 5.75. The second kappa shape index (κ2) is 5.74. The summed E-state index contributed by atoms with van der Waals surface area (Å²) in [4.78, 5) is 10.9. The van der Waals surface area contributed by atoms with Gasteiger partial charge in [0.1, 0.15) is 6.54 Å². The Morgan fingerprint density at radius 2 is 2.05 bits per heavy atom. The monoisotopic (exact) mass is 252 g/mol. The van der Waals surface area contributed by atoms with Gasteiger partial charge in [0.05, 0.1) is 11.8 Å². The van der Waals surface area contributed by atoms with E-state index in [2.05, 4.69) is 10.3 Å². The number of hydrogen-bond acceptors (Lipinski definition) is 4. The van der Waals surface area contributed by atoms with E-state index >= 15 is 0 Å². The average molecular weight is 252 g/mol. The molecule has 0 saturated carbocycles. The van der Waals surface area contributed by atoms with Crippen LogP contribution in [0.15, 0.2) is 24.3 Å². The second-order valence-corrected chi connectivity index (χ2v) is 4.04. The molecule has 94 valence electrons. The van der Waals surface area contributed by atoms with Crippen molar-refractivity contribution < 1.29 is 4.79 Å². The molecule has 0 saturated heterocycles. The molecule has 5 nitrogen and oxygen atoms in total. The summed E-state index contributed by atoms with van der Waals surface area (Å²) in [5.74, 6) is 0. The minimum atomic E-state index is 0.0639. The zero-order valence-electron chi connectivity index (χ0n) is 10.4. The lowest BCUT2D eigenvalue weighted by atomic mass is 10.1. The van der Waals surface area contributed by atoms with E-state index in [-0.39, 0.29) is 12.2 Å². The maximum atomic E-state index is 10.9. The van der Waals surface area contributed by atoms with E-state index in [9.17, 15) is 4.79 Å². The highest BCUT2D eigenvalue weighted by molar-refractivity contribution is 5.81. The summed E-state index contributed by atoms with van der Waals surface area (Å²) < 4.78 is 1.40. The molecule has 0 spiro atoms. The zero-order chi connectivity index (χ0) is 13.7. The maximum Gasteiger partial charge on any atom is 0.172 e. The van der Waals surface area contributed by atoms with E-state index in [4.69, 9.17) is 5.26 Å². The lowest BCUT2D eigenvalue weighted by Gasteiger charge is -1.97. The molecule has 0 atom stereocenters. The quantitative estimate of drug-likeness (QED) is 0.781. The molecule has 1 aromatic heterocycles. The molecule has 1 heterocycles. The van der Waals surface area contributed by atoms with Crippen molar-refractivity contribution in [3.8, 4) is 6.07 Å². The van der Waals surface area contributed by atoms with Crippen LogP contribution in [0.1, 0.15) is 27.3 Å². The zero-order valence-corrected chi connectivity index (χ0v) is 10.4. The van der Waals surface area contributed by atoms with Crippen LogP contribution >= 0.6 is 0 Å². The first kappa shape index (κ1) is 12.7. The van der Waals surface area contributed by atoms with Crippen LogP contribution in [-0.2, 0) is 6.54 Å². The van der Waals surface area contributed by atoms with Crippen LogP contribution in [0.4, 0.5) is 0 Å². The third-order valence-electron chi connectivity index (χ3n) is 2.64. The number of carbonyl (C=O) groups excluding carboxylic acids is 1. The van der Waals surface area contributed by atoms with Gasteiger partial charge in [-0.15, -0.1) is 5.10 Å². The van der Waals surface area contributed by atoms with E-state index in [0.717, 1.165) is 5.56 Å². The fourth-order valence-corrected chi connectivity index (χ4v) is 1.63. The third kappa shape index (κ3) is 2.93. The standard InChI is InChI=1S/C14H12N4O/c1-11-2-4-12(5-3-11)6-7-14-13(10-19)16-17-18(14)9-8-15/h2-7,10H,9H2,1H3/b7-6+. The Balaban J connectivity index is 2.31. The summed E-state index contributed by atoms with van der Waals surface area (Å²) in [7, 11) is 0. The molecule has 2 rings (SSSR count). The minimum absolute atomic E-state index is 0.0639. The van der Waals surface area contributed by atoms with Crippen LogP contribution in [0.2, 0.25) is 0 Å². The SMILES string of the molecule is Cc1ccc(/C=C/c2c(C=O)nnn2CC#N)cc1. The van der Waals surface area contributed by atoms with Crippen molar-refractivity contribution in [1.29, 1.82) is 5.26 Å². The molecule has 0 aliphatic heterocycles. The van der Waals surface area contributed by atoms with E-state index < -0.39 is 0 Å². The fourth-order valence-electron chi connectivity index (χ4n) is 1.63. The van der Waals surface area contributed by atoms with Crippen LogP contribution in [0.25, 0.3) is 12.2 Å². The highest BCUT2D eigenvalue weighted by atomic mass is 16.1. The van der Waals surface area contributed by atoms with Crippen molar-refractivity contribution in [2.75, 3.05) is 0 Å². The smallest absolute Gasteiger partial charge is 0.172 e. The van der Waals surface area contributed by atoms with Gasteiger partial charge in [-0.2, -0.15) is 5.26 Å². The molecular formula is C14H12N4O. The summed E-state index contributed by atoms with van der Waals surface area (Å²) in [5, 5.41) is 16.2. The summed E-state index contributed by atoms with van der Waals surface area (Å²) in [5.41, 5.74) is 2.96. The van der Waals surface area contributed by atoms with Crippen molar-refractivity contribution in [3.63, 3.8) is 0 Å². The fraction of sp³-hybridized carbons (Fsp3) is 0.143. The molecular weight excluding hydrogens is 240 g/mol. The molecule has 0 aliphatic rings. The van der Waals surface area contributed by atoms with E-state index in [1.807, 2.05) is 43.3 Å². The highest BCUT2D eigenvalue weighted by Gasteiger charge is 2.08. The average Bonchev–Trinajstić information content (AvgIpc) is 2.81. The molecule has 5 heteroatoms. The minimum Gasteiger partial charge on any atom is -0.296 e. The van der Waals surface area contributed by atoms with E-state index in [1.54, 1.807) is 6.08 Å². The number of nitrogens with zero attached hydrogens (tertiary/aromatic N) is 4. The summed E-state index contributed by atoms with van der Waals surface area (Å²) in [6, 6.07) is 9.94. The Hall–Kier alpha value is -2.74. The van der Waals surface area contributed by atoms with Gasteiger partial charge in [-0.3, -0.25) is 4.79 Å². The number of rotatable bonds is 4. The van der Waals surface area contributed by atoms with Gasteiger partial charge in [0.25, 0.3) is 0 Å². The number of carbonyl (C=O) groups is 1. The van der Waals surface area contributed by atoms with Crippen molar-refractivity contribution in [3.05, 3.63) is 46.8 Å². The summed E-state index contributed by atoms with van der Waals surface area (Å²) in [6.07, 6.45) is 4.24. The second-order valence-electron chi connectivity index (χ2n) is 4.04. The highest BCUT2D eigenvalue weighted by Crippen LogP contribution is 2.11. The van der Waals surface area contributed by atoms with Crippen molar-refractivity contribution in [1.82, 2.24) is 15.0 Å². The first-order chi connectivity index (χ1) is 9.24. The van der Waals surface area contributed by atoms with Gasteiger partial charge in [0.15, 0.2) is 12.0 Å². The molecule has 19 heavy (non-hydrogen) atoms. The van der Waals surface area contributed by atoms with Gasteiger partial charge in [0, 0.05) is 0 Å². The molecule has 0 N–H and O–H groups in total. The van der Waals surface area contributed by atoms with Crippen LogP contribution in [0.5, 0.6) is 0 Å². The Morgan fingerprint density at radius 1 is 1.32 bits per heavy atom. The van der Waals surface area contributed by atoms with Crippen LogP contribution in [0, 0.1) is 18.3 Å². The number of aldehydes is 1. The van der Waals surface area contributed by atoms with E-state index in [0.29, 0.717) is 12.0 Å². The molecule has 2 aromatic rings. The Morgan fingerprint density at radius 3 is 2.68 bits per heavy atom. The number of hydrogen-bond donors (Lipinski definition) is 0. The first-order valence-corrected chi connectivity index (χ1v) is 5.75. The van der Waals surface area contributed by atoms with Crippen molar-refractivity contribution >= 4 is 18.4 Å². The van der Waals surface area contributed by atoms with Gasteiger partial charge in [-0.1, -0.05) is 41.1 Å². The number of aromatic nitrogens is 3. The predicted molar refractivity (Wildman–Crippen MR) is 71.1 cm³/mol. The molecule has 0 bridgehead atoms.